The number of anilines is 1. The van der Waals surface area contributed by atoms with E-state index >= 15 is 0 Å². The van der Waals surface area contributed by atoms with Gasteiger partial charge < -0.3 is 10.2 Å². The van der Waals surface area contributed by atoms with E-state index in [9.17, 15) is 0 Å². The largest absolute Gasteiger partial charge is 0.353 e. The molecule has 1 aromatic heterocycles. The third-order valence-corrected chi connectivity index (χ3v) is 6.95. The lowest BCUT2D eigenvalue weighted by Gasteiger charge is -2.39. The lowest BCUT2D eigenvalue weighted by molar-refractivity contribution is 0.230. The van der Waals surface area contributed by atoms with Gasteiger partial charge in [-0.25, -0.2) is 4.98 Å². The molecule has 2 aliphatic rings. The van der Waals surface area contributed by atoms with E-state index in [4.69, 9.17) is 16.6 Å². The van der Waals surface area contributed by atoms with Gasteiger partial charge in [-0.3, -0.25) is 4.90 Å². The molecule has 2 saturated heterocycles. The number of piperazine rings is 1. The van der Waals surface area contributed by atoms with Crippen molar-refractivity contribution in [2.24, 2.45) is 0 Å². The molecule has 4 nitrogen and oxygen atoms in total. The quantitative estimate of drug-likeness (QED) is 0.644. The standard InChI is InChI=1S/C25H29ClN4/c1-18-6-4-8-19-14-21(16-27-15-20-7-2-3-10-23(20)26)25(28-24(18)19)30-13-12-29-11-5-9-22(29)17-30/h2-4,6-8,10,14,22,27H,5,9,11-13,15-17H2,1H3. The molecule has 2 aromatic carbocycles. The highest BCUT2D eigenvalue weighted by Gasteiger charge is 2.31. The fourth-order valence-corrected chi connectivity index (χ4v) is 5.14. The zero-order valence-corrected chi connectivity index (χ0v) is 18.3. The van der Waals surface area contributed by atoms with E-state index in [1.165, 1.54) is 35.9 Å². The fraction of sp³-hybridized carbons (Fsp3) is 0.400. The lowest BCUT2D eigenvalue weighted by atomic mass is 10.1. The van der Waals surface area contributed by atoms with Crippen LogP contribution < -0.4 is 10.2 Å². The number of aromatic nitrogens is 1. The zero-order valence-electron chi connectivity index (χ0n) is 17.6. The van der Waals surface area contributed by atoms with Crippen LogP contribution in [0, 0.1) is 6.92 Å². The average Bonchev–Trinajstić information content (AvgIpc) is 3.23. The van der Waals surface area contributed by atoms with Gasteiger partial charge >= 0.3 is 0 Å². The first-order chi connectivity index (χ1) is 14.7. The van der Waals surface area contributed by atoms with Crippen LogP contribution >= 0.6 is 11.6 Å². The molecule has 5 rings (SSSR count). The maximum atomic E-state index is 6.34. The molecule has 0 saturated carbocycles. The molecule has 0 amide bonds. The second kappa shape index (κ2) is 8.54. The highest BCUT2D eigenvalue weighted by molar-refractivity contribution is 6.31. The lowest BCUT2D eigenvalue weighted by Crippen LogP contribution is -2.50. The second-order valence-electron chi connectivity index (χ2n) is 8.59. The van der Waals surface area contributed by atoms with Crippen molar-refractivity contribution in [3.05, 3.63) is 70.2 Å². The predicted octanol–water partition coefficient (Wildman–Crippen LogP) is 4.77. The molecule has 2 fully saturated rings. The van der Waals surface area contributed by atoms with Gasteiger partial charge in [0.1, 0.15) is 5.82 Å². The molecule has 0 bridgehead atoms. The molecule has 2 aliphatic heterocycles. The molecule has 30 heavy (non-hydrogen) atoms. The molecule has 0 spiro atoms. The smallest absolute Gasteiger partial charge is 0.133 e. The third kappa shape index (κ3) is 3.92. The zero-order chi connectivity index (χ0) is 20.5. The number of para-hydroxylation sites is 1. The number of aryl methyl sites for hydroxylation is 1. The number of rotatable bonds is 5. The Bertz CT molecular complexity index is 1050. The molecule has 0 radical (unpaired) electrons. The molecule has 5 heteroatoms. The third-order valence-electron chi connectivity index (χ3n) is 6.58. The highest BCUT2D eigenvalue weighted by atomic mass is 35.5. The number of nitrogens with zero attached hydrogens (tertiary/aromatic N) is 3. The van der Waals surface area contributed by atoms with E-state index in [-0.39, 0.29) is 0 Å². The van der Waals surface area contributed by atoms with Gasteiger partial charge in [0.2, 0.25) is 0 Å². The van der Waals surface area contributed by atoms with Crippen molar-refractivity contribution >= 4 is 28.3 Å². The summed E-state index contributed by atoms with van der Waals surface area (Å²) in [4.78, 5) is 10.4. The van der Waals surface area contributed by atoms with Gasteiger partial charge in [-0.1, -0.05) is 48.0 Å². The SMILES string of the molecule is Cc1cccc2cc(CNCc3ccccc3Cl)c(N3CCN4CCCC4C3)nc12. The Balaban J connectivity index is 1.43. The minimum atomic E-state index is 0.678. The van der Waals surface area contributed by atoms with Crippen LogP contribution in [0.25, 0.3) is 10.9 Å². The Labute approximate surface area is 183 Å². The number of hydrogen-bond donors (Lipinski definition) is 1. The molecular weight excluding hydrogens is 392 g/mol. The summed E-state index contributed by atoms with van der Waals surface area (Å²) in [7, 11) is 0. The van der Waals surface area contributed by atoms with Crippen molar-refractivity contribution < 1.29 is 0 Å². The van der Waals surface area contributed by atoms with Crippen LogP contribution in [0.5, 0.6) is 0 Å². The first-order valence-corrected chi connectivity index (χ1v) is 11.4. The van der Waals surface area contributed by atoms with E-state index in [0.717, 1.165) is 54.6 Å². The van der Waals surface area contributed by atoms with Crippen molar-refractivity contribution in [2.45, 2.75) is 38.9 Å². The minimum absolute atomic E-state index is 0.678. The van der Waals surface area contributed by atoms with Crippen molar-refractivity contribution in [1.29, 1.82) is 0 Å². The van der Waals surface area contributed by atoms with Gasteiger partial charge in [-0.05, 0) is 49.6 Å². The number of fused-ring (bicyclic) bond motifs is 2. The number of hydrogen-bond acceptors (Lipinski definition) is 4. The van der Waals surface area contributed by atoms with Gasteiger partial charge in [0.15, 0.2) is 0 Å². The number of nitrogens with one attached hydrogen (secondary N) is 1. The maximum Gasteiger partial charge on any atom is 0.133 e. The van der Waals surface area contributed by atoms with Crippen molar-refractivity contribution in [3.63, 3.8) is 0 Å². The maximum absolute atomic E-state index is 6.34. The fourth-order valence-electron chi connectivity index (χ4n) is 4.94. The van der Waals surface area contributed by atoms with Crippen molar-refractivity contribution in [3.8, 4) is 0 Å². The summed E-state index contributed by atoms with van der Waals surface area (Å²) >= 11 is 6.34. The molecule has 3 heterocycles. The van der Waals surface area contributed by atoms with Gasteiger partial charge in [0, 0.05) is 54.7 Å². The summed E-state index contributed by atoms with van der Waals surface area (Å²) in [6, 6.07) is 17.5. The first-order valence-electron chi connectivity index (χ1n) is 11.0. The average molecular weight is 421 g/mol. The van der Waals surface area contributed by atoms with Crippen molar-refractivity contribution in [1.82, 2.24) is 15.2 Å². The molecule has 3 aromatic rings. The summed E-state index contributed by atoms with van der Waals surface area (Å²) in [5.74, 6) is 1.15. The first kappa shape index (κ1) is 19.8. The van der Waals surface area contributed by atoms with Gasteiger partial charge in [0.25, 0.3) is 0 Å². The van der Waals surface area contributed by atoms with E-state index in [1.807, 2.05) is 18.2 Å². The molecule has 1 atom stereocenters. The van der Waals surface area contributed by atoms with Crippen LogP contribution in [0.1, 0.15) is 29.5 Å². The van der Waals surface area contributed by atoms with E-state index < -0.39 is 0 Å². The van der Waals surface area contributed by atoms with Gasteiger partial charge in [-0.2, -0.15) is 0 Å². The normalized spacial score (nSPS) is 19.4. The van der Waals surface area contributed by atoms with Crippen LogP contribution in [-0.2, 0) is 13.1 Å². The van der Waals surface area contributed by atoms with Crippen LogP contribution in [-0.4, -0.2) is 42.1 Å². The van der Waals surface area contributed by atoms with Crippen LogP contribution in [0.2, 0.25) is 5.02 Å². The molecule has 1 N–H and O–H groups in total. The molecule has 0 aliphatic carbocycles. The molecule has 156 valence electrons. The predicted molar refractivity (Wildman–Crippen MR) is 125 cm³/mol. The molecular formula is C25H29ClN4. The van der Waals surface area contributed by atoms with E-state index in [1.54, 1.807) is 0 Å². The second-order valence-corrected chi connectivity index (χ2v) is 9.00. The summed E-state index contributed by atoms with van der Waals surface area (Å²) in [6.45, 7) is 8.23. The number of pyridine rings is 1. The number of benzene rings is 2. The topological polar surface area (TPSA) is 31.4 Å². The van der Waals surface area contributed by atoms with Gasteiger partial charge in [0.05, 0.1) is 5.52 Å². The van der Waals surface area contributed by atoms with Gasteiger partial charge in [-0.15, -0.1) is 0 Å². The Morgan fingerprint density at radius 2 is 1.90 bits per heavy atom. The Hall–Kier alpha value is -2.14. The monoisotopic (exact) mass is 420 g/mol. The van der Waals surface area contributed by atoms with Crippen molar-refractivity contribution in [2.75, 3.05) is 31.1 Å². The summed E-state index contributed by atoms with van der Waals surface area (Å²) in [5, 5.41) is 5.63. The highest BCUT2D eigenvalue weighted by Crippen LogP contribution is 2.30. The number of halogens is 1. The van der Waals surface area contributed by atoms with Crippen LogP contribution in [0.3, 0.4) is 0 Å². The Kier molecular flexibility index (Phi) is 5.64. The van der Waals surface area contributed by atoms with Crippen LogP contribution in [0.4, 0.5) is 5.82 Å². The van der Waals surface area contributed by atoms with E-state index in [2.05, 4.69) is 52.4 Å². The molecule has 1 unspecified atom stereocenters. The summed E-state index contributed by atoms with van der Waals surface area (Å²) < 4.78 is 0. The van der Waals surface area contributed by atoms with Crippen LogP contribution in [0.15, 0.2) is 48.5 Å². The summed E-state index contributed by atoms with van der Waals surface area (Å²) in [5.41, 5.74) is 4.76. The Morgan fingerprint density at radius 1 is 1.03 bits per heavy atom. The minimum Gasteiger partial charge on any atom is -0.353 e. The Morgan fingerprint density at radius 3 is 2.80 bits per heavy atom. The van der Waals surface area contributed by atoms with E-state index in [0.29, 0.717) is 6.04 Å². The summed E-state index contributed by atoms with van der Waals surface area (Å²) in [6.07, 6.45) is 2.64.